The molecule has 6 amide bonds. The van der Waals surface area contributed by atoms with Crippen LogP contribution in [0.3, 0.4) is 0 Å². The number of benzene rings is 2. The number of hydrogen-bond donors (Lipinski definition) is 7. The number of halogens is 1. The van der Waals surface area contributed by atoms with Crippen molar-refractivity contribution in [3.8, 4) is 5.69 Å². The molecule has 1 atom stereocenters. The Kier molecular flexibility index (Phi) is 12.7. The van der Waals surface area contributed by atoms with Gasteiger partial charge in [-0.2, -0.15) is 4.68 Å². The summed E-state index contributed by atoms with van der Waals surface area (Å²) in [6.45, 7) is 0.545. The number of rotatable bonds is 12. The number of aromatic nitrogens is 4. The highest BCUT2D eigenvalue weighted by atomic mass is 35.5. The van der Waals surface area contributed by atoms with E-state index in [0.29, 0.717) is 42.9 Å². The molecule has 1 aromatic heterocycles. The van der Waals surface area contributed by atoms with E-state index in [1.165, 1.54) is 39.6 Å². The van der Waals surface area contributed by atoms with E-state index < -0.39 is 23.8 Å². The Morgan fingerprint density at radius 1 is 0.958 bits per heavy atom. The van der Waals surface area contributed by atoms with Gasteiger partial charge in [0.15, 0.2) is 0 Å². The van der Waals surface area contributed by atoms with Crippen LogP contribution in [0.25, 0.3) is 5.69 Å². The fourth-order valence-corrected chi connectivity index (χ4v) is 5.27. The summed E-state index contributed by atoms with van der Waals surface area (Å²) in [5.74, 6) is -3.73. The standard InChI is InChI=1S/C29H35ClN10O8/c30-20-3-6-24(40-17-31-36-37-40)22(16-20)33-26(44)27(45)34-23(25(43)35-48)15-18-1-4-21(5-2-18)32-29(47)39-9-7-19(8-10-39)28(46)38(11-13-41)12-14-42/h1-6,16-17,19,23,41-42,48H,7-15H2,(H,32,47)(H,33,44)(H,34,45)(H,35,43)/t23-/m0/s1. The largest absolute Gasteiger partial charge is 0.395 e. The minimum Gasteiger partial charge on any atom is -0.395 e. The number of nitrogens with zero attached hydrogens (tertiary/aromatic N) is 6. The van der Waals surface area contributed by atoms with E-state index in [1.54, 1.807) is 29.2 Å². The molecule has 3 aromatic rings. The number of urea groups is 1. The molecule has 0 aliphatic carbocycles. The first-order valence-corrected chi connectivity index (χ1v) is 15.2. The highest BCUT2D eigenvalue weighted by molar-refractivity contribution is 6.40. The fraction of sp³-hybridized carbons (Fsp3) is 0.379. The second-order valence-electron chi connectivity index (χ2n) is 10.7. The number of hydroxylamine groups is 1. The van der Waals surface area contributed by atoms with Crippen molar-refractivity contribution >= 4 is 52.6 Å². The smallest absolute Gasteiger partial charge is 0.321 e. The van der Waals surface area contributed by atoms with Gasteiger partial charge in [-0.15, -0.1) is 5.10 Å². The van der Waals surface area contributed by atoms with Gasteiger partial charge in [0.05, 0.1) is 24.6 Å². The average molecular weight is 687 g/mol. The lowest BCUT2D eigenvalue weighted by atomic mass is 9.95. The molecule has 1 aliphatic heterocycles. The van der Waals surface area contributed by atoms with Crippen LogP contribution in [0.1, 0.15) is 18.4 Å². The Morgan fingerprint density at radius 2 is 1.65 bits per heavy atom. The van der Waals surface area contributed by atoms with Crippen LogP contribution in [-0.2, 0) is 25.6 Å². The highest BCUT2D eigenvalue weighted by Gasteiger charge is 2.30. The molecule has 256 valence electrons. The maximum atomic E-state index is 12.9. The Labute approximate surface area is 279 Å². The number of tetrazole rings is 1. The molecule has 0 unspecified atom stereocenters. The molecule has 48 heavy (non-hydrogen) atoms. The van der Waals surface area contributed by atoms with Crippen LogP contribution in [0.4, 0.5) is 16.2 Å². The third-order valence-electron chi connectivity index (χ3n) is 7.57. The monoisotopic (exact) mass is 686 g/mol. The maximum absolute atomic E-state index is 12.9. The number of carbonyl (C=O) groups excluding carboxylic acids is 5. The summed E-state index contributed by atoms with van der Waals surface area (Å²) in [5, 5.41) is 46.2. The lowest BCUT2D eigenvalue weighted by molar-refractivity contribution is -0.139. The van der Waals surface area contributed by atoms with E-state index in [1.807, 2.05) is 0 Å². The van der Waals surface area contributed by atoms with Gasteiger partial charge in [0.25, 0.3) is 5.91 Å². The summed E-state index contributed by atoms with van der Waals surface area (Å²) in [6, 6.07) is 9.13. The summed E-state index contributed by atoms with van der Waals surface area (Å²) in [6.07, 6.45) is 2.05. The lowest BCUT2D eigenvalue weighted by Gasteiger charge is -2.34. The molecule has 0 bridgehead atoms. The van der Waals surface area contributed by atoms with E-state index in [-0.39, 0.29) is 61.3 Å². The molecular weight excluding hydrogens is 652 g/mol. The van der Waals surface area contributed by atoms with E-state index in [0.717, 1.165) is 0 Å². The van der Waals surface area contributed by atoms with Crippen LogP contribution in [0.15, 0.2) is 48.8 Å². The summed E-state index contributed by atoms with van der Waals surface area (Å²) in [4.78, 5) is 66.5. The van der Waals surface area contributed by atoms with Gasteiger partial charge < -0.3 is 36.0 Å². The molecule has 0 saturated carbocycles. The van der Waals surface area contributed by atoms with E-state index in [4.69, 9.17) is 11.6 Å². The molecule has 0 radical (unpaired) electrons. The zero-order valence-electron chi connectivity index (χ0n) is 25.6. The molecule has 7 N–H and O–H groups in total. The second kappa shape index (κ2) is 17.1. The van der Waals surface area contributed by atoms with Gasteiger partial charge in [-0.3, -0.25) is 24.4 Å². The Balaban J connectivity index is 1.31. The van der Waals surface area contributed by atoms with Crippen molar-refractivity contribution in [2.24, 2.45) is 5.92 Å². The van der Waals surface area contributed by atoms with Crippen molar-refractivity contribution in [3.63, 3.8) is 0 Å². The molecule has 1 aliphatic rings. The summed E-state index contributed by atoms with van der Waals surface area (Å²) in [7, 11) is 0. The molecule has 4 rings (SSSR count). The van der Waals surface area contributed by atoms with E-state index in [9.17, 15) is 39.4 Å². The van der Waals surface area contributed by atoms with Crippen molar-refractivity contribution in [2.75, 3.05) is 50.0 Å². The van der Waals surface area contributed by atoms with Gasteiger partial charge >= 0.3 is 17.8 Å². The van der Waals surface area contributed by atoms with Crippen molar-refractivity contribution in [1.29, 1.82) is 0 Å². The number of likely N-dealkylation sites (tertiary alicyclic amines) is 1. The van der Waals surface area contributed by atoms with Gasteiger partial charge in [-0.05, 0) is 59.2 Å². The molecule has 1 saturated heterocycles. The molecule has 18 nitrogen and oxygen atoms in total. The normalized spacial score (nSPS) is 13.7. The zero-order valence-corrected chi connectivity index (χ0v) is 26.3. The molecular formula is C29H35ClN10O8. The minimum absolute atomic E-state index is 0.113. The molecule has 2 aromatic carbocycles. The SMILES string of the molecule is O=C(Nc1cc(Cl)ccc1-n1cnnn1)C(=O)N[C@@H](Cc1ccc(NC(=O)N2CCC(C(=O)N(CCO)CCO)CC2)cc1)C(=O)NO. The number of amides is 6. The van der Waals surface area contributed by atoms with Gasteiger partial charge in [-0.25, -0.2) is 10.3 Å². The van der Waals surface area contributed by atoms with Crippen LogP contribution in [0.5, 0.6) is 0 Å². The zero-order chi connectivity index (χ0) is 34.6. The lowest BCUT2D eigenvalue weighted by Crippen LogP contribution is -2.50. The summed E-state index contributed by atoms with van der Waals surface area (Å²) in [5.41, 5.74) is 2.91. The van der Waals surface area contributed by atoms with Crippen LogP contribution in [0, 0.1) is 5.92 Å². The topological polar surface area (TPSA) is 244 Å². The number of aliphatic hydroxyl groups excluding tert-OH is 2. The van der Waals surface area contributed by atoms with Gasteiger partial charge in [0.1, 0.15) is 12.4 Å². The van der Waals surface area contributed by atoms with E-state index >= 15 is 0 Å². The van der Waals surface area contributed by atoms with Crippen molar-refractivity contribution in [1.82, 2.24) is 40.8 Å². The number of hydrogen-bond acceptors (Lipinski definition) is 11. The van der Waals surface area contributed by atoms with Crippen molar-refractivity contribution < 1.29 is 39.4 Å². The first kappa shape index (κ1) is 35.7. The van der Waals surface area contributed by atoms with Crippen LogP contribution >= 0.6 is 11.6 Å². The van der Waals surface area contributed by atoms with Crippen molar-refractivity contribution in [2.45, 2.75) is 25.3 Å². The maximum Gasteiger partial charge on any atom is 0.321 e. The Morgan fingerprint density at radius 3 is 2.25 bits per heavy atom. The predicted molar refractivity (Wildman–Crippen MR) is 169 cm³/mol. The summed E-state index contributed by atoms with van der Waals surface area (Å²) < 4.78 is 1.25. The van der Waals surface area contributed by atoms with Crippen LogP contribution < -0.4 is 21.4 Å². The first-order valence-electron chi connectivity index (χ1n) is 14.9. The minimum atomic E-state index is -1.35. The van der Waals surface area contributed by atoms with Crippen LogP contribution in [-0.4, -0.2) is 121 Å². The highest BCUT2D eigenvalue weighted by Crippen LogP contribution is 2.24. The number of piperidine rings is 1. The Hall–Kier alpha value is -5.17. The first-order chi connectivity index (χ1) is 23.1. The predicted octanol–water partition coefficient (Wildman–Crippen LogP) is -0.456. The third kappa shape index (κ3) is 9.44. The van der Waals surface area contributed by atoms with E-state index in [2.05, 4.69) is 31.5 Å². The average Bonchev–Trinajstić information content (AvgIpc) is 3.63. The van der Waals surface area contributed by atoms with Crippen LogP contribution in [0.2, 0.25) is 5.02 Å². The Bertz CT molecular complexity index is 1580. The fourth-order valence-electron chi connectivity index (χ4n) is 5.09. The number of anilines is 2. The van der Waals surface area contributed by atoms with Crippen molar-refractivity contribution in [3.05, 3.63) is 59.4 Å². The number of nitrogens with one attached hydrogen (secondary N) is 4. The van der Waals surface area contributed by atoms with Gasteiger partial charge in [0.2, 0.25) is 5.91 Å². The number of carbonyl (C=O) groups is 5. The third-order valence-corrected chi connectivity index (χ3v) is 7.80. The second-order valence-corrected chi connectivity index (χ2v) is 11.2. The van der Waals surface area contributed by atoms with Gasteiger partial charge in [0, 0.05) is 49.2 Å². The molecule has 2 heterocycles. The molecule has 1 fully saturated rings. The quantitative estimate of drug-likeness (QED) is 0.0730. The number of aliphatic hydroxyl groups is 2. The molecule has 0 spiro atoms. The summed E-state index contributed by atoms with van der Waals surface area (Å²) >= 11 is 6.05. The van der Waals surface area contributed by atoms with Gasteiger partial charge in [-0.1, -0.05) is 23.7 Å². The molecule has 19 heteroatoms.